The third-order valence-electron chi connectivity index (χ3n) is 1.80. The predicted molar refractivity (Wildman–Crippen MR) is 52.8 cm³/mol. The van der Waals surface area contributed by atoms with Crippen molar-refractivity contribution < 1.29 is 0 Å². The van der Waals surface area contributed by atoms with Crippen LogP contribution in [0.4, 0.5) is 0 Å². The molecule has 0 saturated carbocycles. The molecule has 2 atom stereocenters. The highest BCUT2D eigenvalue weighted by Crippen LogP contribution is 2.10. The van der Waals surface area contributed by atoms with Crippen molar-refractivity contribution in [1.82, 2.24) is 0 Å². The van der Waals surface area contributed by atoms with E-state index in [1.165, 1.54) is 0 Å². The lowest BCUT2D eigenvalue weighted by molar-refractivity contribution is 0.555. The van der Waals surface area contributed by atoms with E-state index in [-0.39, 0.29) is 5.92 Å². The second kappa shape index (κ2) is 6.81. The second-order valence-electron chi connectivity index (χ2n) is 3.20. The molecule has 0 aliphatic heterocycles. The molecule has 0 bridgehead atoms. The van der Waals surface area contributed by atoms with Crippen LogP contribution in [0.2, 0.25) is 0 Å². The molecule has 2 unspecified atom stereocenters. The topological polar surface area (TPSA) is 0 Å². The van der Waals surface area contributed by atoms with Crippen LogP contribution in [0.3, 0.4) is 0 Å². The average Bonchev–Trinajstić information content (AvgIpc) is 2.10. The summed E-state index contributed by atoms with van der Waals surface area (Å²) < 4.78 is 0. The standard InChI is InChI=1S/C12H17/c1-5-7-8-12(4)10-9-11(3)6-2/h11-12H,5,9-10H2,1,3-4H3. The maximum Gasteiger partial charge on any atom is 0.0185 e. The van der Waals surface area contributed by atoms with Gasteiger partial charge in [0.15, 0.2) is 0 Å². The van der Waals surface area contributed by atoms with Gasteiger partial charge in [0, 0.05) is 18.3 Å². The molecule has 0 nitrogen and oxygen atoms in total. The van der Waals surface area contributed by atoms with E-state index >= 15 is 0 Å². The Labute approximate surface area is 76.8 Å². The van der Waals surface area contributed by atoms with Gasteiger partial charge in [-0.15, -0.1) is 11.8 Å². The summed E-state index contributed by atoms with van der Waals surface area (Å²) in [7, 11) is 0. The van der Waals surface area contributed by atoms with E-state index < -0.39 is 0 Å². The van der Waals surface area contributed by atoms with Crippen LogP contribution in [0.5, 0.6) is 0 Å². The van der Waals surface area contributed by atoms with Crippen LogP contribution in [0, 0.1) is 36.0 Å². The molecule has 0 aromatic heterocycles. The Balaban J connectivity index is 3.58. The monoisotopic (exact) mass is 161 g/mol. The highest BCUT2D eigenvalue weighted by Gasteiger charge is 2.00. The molecule has 0 amide bonds. The first-order chi connectivity index (χ1) is 5.70. The number of rotatable bonds is 3. The minimum atomic E-state index is 0.288. The van der Waals surface area contributed by atoms with E-state index in [9.17, 15) is 0 Å². The van der Waals surface area contributed by atoms with Gasteiger partial charge in [-0.25, -0.2) is 0 Å². The highest BCUT2D eigenvalue weighted by atomic mass is 14.0. The van der Waals surface area contributed by atoms with Crippen molar-refractivity contribution in [1.29, 1.82) is 0 Å². The summed E-state index contributed by atoms with van der Waals surface area (Å²) in [6.45, 7) is 6.22. The molecule has 0 aromatic carbocycles. The average molecular weight is 161 g/mol. The molecule has 0 aliphatic rings. The van der Waals surface area contributed by atoms with E-state index in [0.717, 1.165) is 19.3 Å². The molecule has 0 aromatic rings. The Morgan fingerprint density at radius 2 is 1.75 bits per heavy atom. The van der Waals surface area contributed by atoms with Gasteiger partial charge in [-0.2, -0.15) is 0 Å². The number of hydrogen-bond donors (Lipinski definition) is 0. The first kappa shape index (κ1) is 11.1. The van der Waals surface area contributed by atoms with Crippen LogP contribution in [-0.2, 0) is 0 Å². The van der Waals surface area contributed by atoms with Crippen molar-refractivity contribution in [2.75, 3.05) is 0 Å². The molecular weight excluding hydrogens is 144 g/mol. The van der Waals surface area contributed by atoms with Crippen LogP contribution < -0.4 is 0 Å². The summed E-state index contributed by atoms with van der Waals surface area (Å²) in [5.74, 6) is 9.48. The molecule has 0 aliphatic carbocycles. The lowest BCUT2D eigenvalue weighted by Gasteiger charge is -2.05. The van der Waals surface area contributed by atoms with Crippen LogP contribution in [0.1, 0.15) is 40.0 Å². The Bertz CT molecular complexity index is 196. The largest absolute Gasteiger partial charge is 0.103 e. The summed E-state index contributed by atoms with van der Waals surface area (Å²) in [5.41, 5.74) is 0. The van der Waals surface area contributed by atoms with Crippen molar-refractivity contribution in [2.24, 2.45) is 11.8 Å². The second-order valence-corrected chi connectivity index (χ2v) is 3.20. The molecule has 65 valence electrons. The van der Waals surface area contributed by atoms with Crippen molar-refractivity contribution in [2.45, 2.75) is 40.0 Å². The van der Waals surface area contributed by atoms with Gasteiger partial charge in [-0.1, -0.05) is 26.7 Å². The molecule has 0 heteroatoms. The minimum absolute atomic E-state index is 0.288. The third-order valence-corrected chi connectivity index (χ3v) is 1.80. The van der Waals surface area contributed by atoms with E-state index in [1.54, 1.807) is 0 Å². The van der Waals surface area contributed by atoms with Gasteiger partial charge < -0.3 is 0 Å². The van der Waals surface area contributed by atoms with Crippen molar-refractivity contribution in [3.8, 4) is 17.8 Å². The van der Waals surface area contributed by atoms with Crippen LogP contribution >= 0.6 is 0 Å². The highest BCUT2D eigenvalue weighted by molar-refractivity contribution is 5.01. The zero-order chi connectivity index (χ0) is 9.40. The predicted octanol–water partition coefficient (Wildman–Crippen LogP) is 3.04. The van der Waals surface area contributed by atoms with Crippen molar-refractivity contribution in [3.63, 3.8) is 0 Å². The van der Waals surface area contributed by atoms with Gasteiger partial charge in [0.05, 0.1) is 0 Å². The molecule has 0 saturated heterocycles. The Morgan fingerprint density at radius 1 is 1.17 bits per heavy atom. The smallest absolute Gasteiger partial charge is 0.0185 e. The summed E-state index contributed by atoms with van der Waals surface area (Å²) in [6, 6.07) is 0. The Morgan fingerprint density at radius 3 is 2.25 bits per heavy atom. The fraction of sp³-hybridized carbons (Fsp3) is 0.667. The molecule has 1 radical (unpaired) electrons. The van der Waals surface area contributed by atoms with Gasteiger partial charge >= 0.3 is 0 Å². The summed E-state index contributed by atoms with van der Waals surface area (Å²) in [5, 5.41) is 0. The zero-order valence-corrected chi connectivity index (χ0v) is 8.28. The maximum atomic E-state index is 6.91. The lowest BCUT2D eigenvalue weighted by atomic mass is 9.99. The Hall–Kier alpha value is -0.880. The lowest BCUT2D eigenvalue weighted by Crippen LogP contribution is -1.96. The maximum absolute atomic E-state index is 6.91. The first-order valence-corrected chi connectivity index (χ1v) is 4.61. The molecular formula is C12H17. The molecule has 0 N–H and O–H groups in total. The summed E-state index contributed by atoms with van der Waals surface area (Å²) in [6.07, 6.45) is 9.96. The third kappa shape index (κ3) is 5.87. The normalized spacial score (nSPS) is 13.8. The van der Waals surface area contributed by atoms with E-state index in [0.29, 0.717) is 5.92 Å². The molecule has 0 rings (SSSR count). The van der Waals surface area contributed by atoms with E-state index in [4.69, 9.17) is 6.42 Å². The van der Waals surface area contributed by atoms with Crippen molar-refractivity contribution in [3.05, 3.63) is 6.42 Å². The molecule has 0 heterocycles. The summed E-state index contributed by atoms with van der Waals surface area (Å²) >= 11 is 0. The zero-order valence-electron chi connectivity index (χ0n) is 8.28. The number of hydrogen-bond acceptors (Lipinski definition) is 0. The van der Waals surface area contributed by atoms with Crippen LogP contribution in [0.15, 0.2) is 0 Å². The van der Waals surface area contributed by atoms with Gasteiger partial charge in [-0.05, 0) is 19.3 Å². The quantitative estimate of drug-likeness (QED) is 0.558. The van der Waals surface area contributed by atoms with Crippen LogP contribution in [-0.4, -0.2) is 0 Å². The molecule has 0 fully saturated rings. The van der Waals surface area contributed by atoms with Gasteiger partial charge in [0.1, 0.15) is 0 Å². The fourth-order valence-corrected chi connectivity index (χ4v) is 0.921. The Kier molecular flexibility index (Phi) is 6.31. The van der Waals surface area contributed by atoms with Crippen LogP contribution in [0.25, 0.3) is 0 Å². The summed E-state index contributed by atoms with van der Waals surface area (Å²) in [4.78, 5) is 0. The van der Waals surface area contributed by atoms with E-state index in [2.05, 4.69) is 31.6 Å². The minimum Gasteiger partial charge on any atom is -0.103 e. The SMILES string of the molecule is [C]#CC(C)CCC(C)C#CCC. The van der Waals surface area contributed by atoms with Gasteiger partial charge in [0.2, 0.25) is 0 Å². The van der Waals surface area contributed by atoms with Gasteiger partial charge in [0.25, 0.3) is 0 Å². The first-order valence-electron chi connectivity index (χ1n) is 4.61. The molecule has 12 heavy (non-hydrogen) atoms. The van der Waals surface area contributed by atoms with E-state index in [1.807, 2.05) is 6.92 Å². The van der Waals surface area contributed by atoms with Gasteiger partial charge in [-0.3, -0.25) is 0 Å². The fourth-order valence-electron chi connectivity index (χ4n) is 0.921. The molecule has 0 spiro atoms. The van der Waals surface area contributed by atoms with Crippen molar-refractivity contribution >= 4 is 0 Å².